The van der Waals surface area contributed by atoms with E-state index in [0.717, 1.165) is 6.42 Å². The average Bonchev–Trinajstić information content (AvgIpc) is 2.93. The van der Waals surface area contributed by atoms with Crippen LogP contribution in [-0.2, 0) is 14.4 Å². The van der Waals surface area contributed by atoms with Crippen LogP contribution in [-0.4, -0.2) is 52.5 Å². The molecule has 0 aliphatic carbocycles. The van der Waals surface area contributed by atoms with Crippen LogP contribution in [0.2, 0.25) is 0 Å². The maximum Gasteiger partial charge on any atom is 0.326 e. The molecule has 1 fully saturated rings. The van der Waals surface area contributed by atoms with Gasteiger partial charge in [0, 0.05) is 6.54 Å². The van der Waals surface area contributed by atoms with Crippen molar-refractivity contribution in [2.45, 2.75) is 65.1 Å². The summed E-state index contributed by atoms with van der Waals surface area (Å²) in [5.41, 5.74) is 5.90. The molecule has 0 saturated carbocycles. The van der Waals surface area contributed by atoms with Crippen molar-refractivity contribution in [1.29, 1.82) is 0 Å². The van der Waals surface area contributed by atoms with Crippen molar-refractivity contribution in [3.05, 3.63) is 0 Å². The number of carbonyl (C=O) groups excluding carboxylic acids is 2. The number of nitrogens with zero attached hydrogens (tertiary/aromatic N) is 1. The number of likely N-dealkylation sites (tertiary alicyclic amines) is 1. The predicted molar refractivity (Wildman–Crippen MR) is 86.6 cm³/mol. The summed E-state index contributed by atoms with van der Waals surface area (Å²) in [6.45, 7) is 8.00. The molecule has 0 radical (unpaired) electrons. The van der Waals surface area contributed by atoms with E-state index in [2.05, 4.69) is 5.32 Å². The van der Waals surface area contributed by atoms with E-state index in [0.29, 0.717) is 19.4 Å². The van der Waals surface area contributed by atoms with Crippen molar-refractivity contribution < 1.29 is 19.5 Å². The van der Waals surface area contributed by atoms with Crippen LogP contribution in [0.5, 0.6) is 0 Å². The van der Waals surface area contributed by atoms with Gasteiger partial charge in [-0.05, 0) is 31.1 Å². The Morgan fingerprint density at radius 1 is 1.26 bits per heavy atom. The molecule has 23 heavy (non-hydrogen) atoms. The van der Waals surface area contributed by atoms with Crippen LogP contribution in [0.3, 0.4) is 0 Å². The smallest absolute Gasteiger partial charge is 0.326 e. The summed E-state index contributed by atoms with van der Waals surface area (Å²) < 4.78 is 0. The first-order valence-corrected chi connectivity index (χ1v) is 8.24. The SMILES string of the molecule is CC(C)C[C@H](NC(=O)[C@@H]1CCCN1C(=O)[C@H](N)C(C)C)C(=O)O. The van der Waals surface area contributed by atoms with E-state index in [1.165, 1.54) is 4.90 Å². The fraction of sp³-hybridized carbons (Fsp3) is 0.812. The van der Waals surface area contributed by atoms with Gasteiger partial charge >= 0.3 is 5.97 Å². The van der Waals surface area contributed by atoms with Crippen molar-refractivity contribution in [2.75, 3.05) is 6.54 Å². The number of nitrogens with two attached hydrogens (primary N) is 1. The Morgan fingerprint density at radius 2 is 1.87 bits per heavy atom. The lowest BCUT2D eigenvalue weighted by Crippen LogP contribution is -2.54. The molecule has 7 heteroatoms. The van der Waals surface area contributed by atoms with Crippen molar-refractivity contribution in [3.8, 4) is 0 Å². The third-order valence-corrected chi connectivity index (χ3v) is 4.16. The zero-order valence-corrected chi connectivity index (χ0v) is 14.4. The minimum Gasteiger partial charge on any atom is -0.480 e. The number of amides is 2. The number of nitrogens with one attached hydrogen (secondary N) is 1. The Bertz CT molecular complexity index is 451. The number of hydrogen-bond acceptors (Lipinski definition) is 4. The molecule has 1 aliphatic heterocycles. The first-order chi connectivity index (χ1) is 10.6. The van der Waals surface area contributed by atoms with Crippen LogP contribution in [0.1, 0.15) is 47.0 Å². The molecule has 2 amide bonds. The number of carbonyl (C=O) groups is 3. The molecule has 1 saturated heterocycles. The molecule has 1 rings (SSSR count). The second kappa shape index (κ2) is 8.29. The highest BCUT2D eigenvalue weighted by Crippen LogP contribution is 2.20. The second-order valence-electron chi connectivity index (χ2n) is 6.99. The Balaban J connectivity index is 2.77. The second-order valence-corrected chi connectivity index (χ2v) is 6.99. The fourth-order valence-electron chi connectivity index (χ4n) is 2.74. The molecule has 0 spiro atoms. The largest absolute Gasteiger partial charge is 0.480 e. The summed E-state index contributed by atoms with van der Waals surface area (Å²) in [5.74, 6) is -1.57. The van der Waals surface area contributed by atoms with Crippen molar-refractivity contribution in [1.82, 2.24) is 10.2 Å². The molecule has 1 heterocycles. The standard InChI is InChI=1S/C16H29N3O4/c1-9(2)8-11(16(22)23)18-14(20)12-6-5-7-19(12)15(21)13(17)10(3)4/h9-13H,5-8,17H2,1-4H3,(H,18,20)(H,22,23)/t11-,12-,13+/m0/s1. The van der Waals surface area contributed by atoms with Crippen LogP contribution in [0.15, 0.2) is 0 Å². The van der Waals surface area contributed by atoms with E-state index in [-0.39, 0.29) is 17.7 Å². The number of rotatable bonds is 7. The fourth-order valence-corrected chi connectivity index (χ4v) is 2.74. The third-order valence-electron chi connectivity index (χ3n) is 4.16. The maximum atomic E-state index is 12.4. The Labute approximate surface area is 137 Å². The summed E-state index contributed by atoms with van der Waals surface area (Å²) in [5, 5.41) is 11.8. The lowest BCUT2D eigenvalue weighted by Gasteiger charge is -2.29. The highest BCUT2D eigenvalue weighted by Gasteiger charge is 2.38. The van der Waals surface area contributed by atoms with Crippen LogP contribution in [0.4, 0.5) is 0 Å². The highest BCUT2D eigenvalue weighted by atomic mass is 16.4. The van der Waals surface area contributed by atoms with Gasteiger partial charge in [0.25, 0.3) is 0 Å². The first-order valence-electron chi connectivity index (χ1n) is 8.24. The van der Waals surface area contributed by atoms with Crippen molar-refractivity contribution >= 4 is 17.8 Å². The summed E-state index contributed by atoms with van der Waals surface area (Å²) in [7, 11) is 0. The summed E-state index contributed by atoms with van der Waals surface area (Å²) in [6.07, 6.45) is 1.61. The minimum absolute atomic E-state index is 0.0143. The van der Waals surface area contributed by atoms with Crippen LogP contribution < -0.4 is 11.1 Å². The van der Waals surface area contributed by atoms with Gasteiger partial charge in [0.1, 0.15) is 12.1 Å². The van der Waals surface area contributed by atoms with Gasteiger partial charge in [-0.2, -0.15) is 0 Å². The molecule has 132 valence electrons. The van der Waals surface area contributed by atoms with E-state index >= 15 is 0 Å². The van der Waals surface area contributed by atoms with Crippen LogP contribution in [0, 0.1) is 11.8 Å². The Morgan fingerprint density at radius 3 is 2.35 bits per heavy atom. The topological polar surface area (TPSA) is 113 Å². The van der Waals surface area contributed by atoms with Crippen molar-refractivity contribution in [3.63, 3.8) is 0 Å². The van der Waals surface area contributed by atoms with Gasteiger partial charge in [-0.3, -0.25) is 9.59 Å². The normalized spacial score (nSPS) is 20.7. The molecule has 7 nitrogen and oxygen atoms in total. The molecule has 3 atom stereocenters. The van der Waals surface area contributed by atoms with Crippen LogP contribution >= 0.6 is 0 Å². The number of carboxylic acid groups (broad SMARTS) is 1. The van der Waals surface area contributed by atoms with E-state index in [9.17, 15) is 19.5 Å². The van der Waals surface area contributed by atoms with Crippen molar-refractivity contribution in [2.24, 2.45) is 17.6 Å². The van der Waals surface area contributed by atoms with Gasteiger partial charge < -0.3 is 21.1 Å². The third kappa shape index (κ3) is 5.20. The van der Waals surface area contributed by atoms with Gasteiger partial charge in [0.2, 0.25) is 11.8 Å². The summed E-state index contributed by atoms with van der Waals surface area (Å²) >= 11 is 0. The first kappa shape index (κ1) is 19.4. The average molecular weight is 327 g/mol. The molecular formula is C16H29N3O4. The van der Waals surface area contributed by atoms with Gasteiger partial charge in [-0.1, -0.05) is 27.7 Å². The van der Waals surface area contributed by atoms with E-state index < -0.39 is 30.0 Å². The lowest BCUT2D eigenvalue weighted by atomic mass is 10.0. The molecule has 0 unspecified atom stereocenters. The lowest BCUT2D eigenvalue weighted by molar-refractivity contribution is -0.144. The van der Waals surface area contributed by atoms with Gasteiger partial charge in [-0.15, -0.1) is 0 Å². The van der Waals surface area contributed by atoms with Crippen LogP contribution in [0.25, 0.3) is 0 Å². The zero-order chi connectivity index (χ0) is 17.7. The van der Waals surface area contributed by atoms with E-state index in [1.54, 1.807) is 0 Å². The van der Waals surface area contributed by atoms with Gasteiger partial charge in [0.05, 0.1) is 6.04 Å². The molecule has 1 aliphatic rings. The monoisotopic (exact) mass is 327 g/mol. The van der Waals surface area contributed by atoms with E-state index in [4.69, 9.17) is 5.73 Å². The number of aliphatic carboxylic acids is 1. The number of hydrogen-bond donors (Lipinski definition) is 3. The molecule has 0 aromatic rings. The molecule has 0 aromatic heterocycles. The van der Waals surface area contributed by atoms with Gasteiger partial charge in [0.15, 0.2) is 0 Å². The molecular weight excluding hydrogens is 298 g/mol. The summed E-state index contributed by atoms with van der Waals surface area (Å²) in [4.78, 5) is 37.6. The number of carboxylic acids is 1. The van der Waals surface area contributed by atoms with E-state index in [1.807, 2.05) is 27.7 Å². The Hall–Kier alpha value is -1.63. The predicted octanol–water partition coefficient (Wildman–Crippen LogP) is 0.576. The molecule has 0 bridgehead atoms. The Kier molecular flexibility index (Phi) is 7.00. The summed E-state index contributed by atoms with van der Waals surface area (Å²) in [6, 6.07) is -2.20. The highest BCUT2D eigenvalue weighted by molar-refractivity contribution is 5.92. The van der Waals surface area contributed by atoms with Gasteiger partial charge in [-0.25, -0.2) is 4.79 Å². The minimum atomic E-state index is -1.05. The maximum absolute atomic E-state index is 12.4. The molecule has 0 aromatic carbocycles. The molecule has 4 N–H and O–H groups in total. The quantitative estimate of drug-likeness (QED) is 0.633. The zero-order valence-electron chi connectivity index (χ0n) is 14.4.